The average Bonchev–Trinajstić information content (AvgIpc) is 3.52. The Bertz CT molecular complexity index is 1560. The van der Waals surface area contributed by atoms with Crippen molar-refractivity contribution in [3.63, 3.8) is 0 Å². The van der Waals surface area contributed by atoms with Crippen LogP contribution in [0.2, 0.25) is 0 Å². The van der Waals surface area contributed by atoms with Crippen LogP contribution in [-0.2, 0) is 9.59 Å². The second kappa shape index (κ2) is 11.8. The van der Waals surface area contributed by atoms with Crippen molar-refractivity contribution in [1.29, 1.82) is 0 Å². The average molecular weight is 651 g/mol. The molecule has 0 unspecified atom stereocenters. The van der Waals surface area contributed by atoms with Crippen molar-refractivity contribution in [1.82, 2.24) is 0 Å². The largest absolute Gasteiger partial charge is 0.377 e. The lowest BCUT2D eigenvalue weighted by Crippen LogP contribution is -2.55. The molecule has 48 heavy (non-hydrogen) atoms. The molecule has 5 fully saturated rings. The van der Waals surface area contributed by atoms with E-state index in [1.807, 2.05) is 25.2 Å². The van der Waals surface area contributed by atoms with Crippen LogP contribution in [0, 0.1) is 87.8 Å². The predicted molar refractivity (Wildman–Crippen MR) is 190 cm³/mol. The van der Waals surface area contributed by atoms with Crippen molar-refractivity contribution >= 4 is 11.6 Å². The zero-order valence-electron chi connectivity index (χ0n) is 30.1. The highest BCUT2D eigenvalue weighted by Crippen LogP contribution is 2.68. The molecular formula is C44H58O4. The van der Waals surface area contributed by atoms with Gasteiger partial charge in [0.05, 0.1) is 0 Å². The van der Waals surface area contributed by atoms with Gasteiger partial charge in [0.2, 0.25) is 0 Å². The zero-order chi connectivity index (χ0) is 34.3. The normalized spacial score (nSPS) is 49.9. The first-order valence-electron chi connectivity index (χ1n) is 19.3. The number of aliphatic hydroxyl groups is 2. The third-order valence-corrected chi connectivity index (χ3v) is 16.3. The van der Waals surface area contributed by atoms with Crippen LogP contribution in [0.3, 0.4) is 0 Å². The van der Waals surface area contributed by atoms with Gasteiger partial charge in [-0.2, -0.15) is 0 Å². The second-order valence-electron chi connectivity index (χ2n) is 17.8. The number of rotatable bonds is 1. The van der Waals surface area contributed by atoms with E-state index in [2.05, 4.69) is 51.5 Å². The molecular weight excluding hydrogens is 592 g/mol. The molecule has 4 nitrogen and oxygen atoms in total. The van der Waals surface area contributed by atoms with Crippen molar-refractivity contribution in [3.05, 3.63) is 35.5 Å². The molecule has 0 heterocycles. The molecule has 13 atom stereocenters. The van der Waals surface area contributed by atoms with Gasteiger partial charge in [0.15, 0.2) is 11.6 Å². The maximum Gasteiger partial charge on any atom is 0.155 e. The molecule has 4 heteroatoms. The van der Waals surface area contributed by atoms with Crippen LogP contribution in [0.25, 0.3) is 0 Å². The van der Waals surface area contributed by atoms with Gasteiger partial charge in [-0.1, -0.05) is 56.8 Å². The predicted octanol–water partition coefficient (Wildman–Crippen LogP) is 8.18. The minimum atomic E-state index is -1.07. The van der Waals surface area contributed by atoms with E-state index in [0.717, 1.165) is 64.2 Å². The summed E-state index contributed by atoms with van der Waals surface area (Å²) in [7, 11) is 0. The van der Waals surface area contributed by atoms with E-state index in [1.54, 1.807) is 0 Å². The summed E-state index contributed by atoms with van der Waals surface area (Å²) in [4.78, 5) is 23.8. The summed E-state index contributed by atoms with van der Waals surface area (Å²) in [5.41, 5.74) is 0.897. The Morgan fingerprint density at radius 3 is 2.35 bits per heavy atom. The molecule has 5 saturated carbocycles. The summed E-state index contributed by atoms with van der Waals surface area (Å²) in [6, 6.07) is 0. The highest BCUT2D eigenvalue weighted by atomic mass is 16.3. The fraction of sp³-hybridized carbons (Fsp3) is 0.727. The number of ketones is 2. The molecule has 8 aliphatic carbocycles. The van der Waals surface area contributed by atoms with Gasteiger partial charge in [-0.05, 0) is 155 Å². The molecule has 0 aromatic rings. The maximum absolute atomic E-state index is 12.0. The summed E-state index contributed by atoms with van der Waals surface area (Å²) in [6.07, 6.45) is 27.8. The van der Waals surface area contributed by atoms with Crippen LogP contribution in [-0.4, -0.2) is 33.0 Å². The lowest BCUT2D eigenvalue weighted by atomic mass is 9.45. The van der Waals surface area contributed by atoms with E-state index in [4.69, 9.17) is 6.42 Å². The molecule has 0 aromatic carbocycles. The van der Waals surface area contributed by atoms with Crippen molar-refractivity contribution in [2.24, 2.45) is 63.6 Å². The second-order valence-corrected chi connectivity index (χ2v) is 17.8. The van der Waals surface area contributed by atoms with Crippen LogP contribution in [0.1, 0.15) is 125 Å². The van der Waals surface area contributed by atoms with Gasteiger partial charge in [-0.3, -0.25) is 9.59 Å². The van der Waals surface area contributed by atoms with Gasteiger partial charge >= 0.3 is 0 Å². The van der Waals surface area contributed by atoms with E-state index in [-0.39, 0.29) is 16.2 Å². The highest BCUT2D eigenvalue weighted by molar-refractivity contribution is 5.92. The standard InChI is InChI=1S/C23H32O2.C21H26O2/c1-5-9-23(25)12-8-19-17-13-15(2)20-14-16(24)6-10-21(20,3)18(17)7-11-22(19,23)4;1-3-20-11-9-17-16-8-6-15(22)13-14(16)5-7-18(17)19(20)10-12-21(20,23)4-2/h14-15,17-19,25H,6-8,10-13H2,1-4H3;2,10,12-13,16-19,23H,3,5-9,11H2,1H3/t15-,17+,18-,19-,21+,22-,23-;16-,17+,18+,19-,20-,21-/m00/s1. The van der Waals surface area contributed by atoms with Gasteiger partial charge in [0.25, 0.3) is 0 Å². The summed E-state index contributed by atoms with van der Waals surface area (Å²) < 4.78 is 0. The van der Waals surface area contributed by atoms with Gasteiger partial charge in [0.1, 0.15) is 11.2 Å². The molecule has 8 rings (SSSR count). The lowest BCUT2D eigenvalue weighted by molar-refractivity contribution is -0.121. The number of hydrogen-bond acceptors (Lipinski definition) is 4. The molecule has 0 aliphatic heterocycles. The molecule has 0 bridgehead atoms. The number of fused-ring (bicyclic) bond motifs is 10. The molecule has 8 aliphatic rings. The van der Waals surface area contributed by atoms with Crippen molar-refractivity contribution in [3.8, 4) is 24.2 Å². The highest BCUT2D eigenvalue weighted by Gasteiger charge is 2.65. The fourth-order valence-corrected chi connectivity index (χ4v) is 13.8. The Balaban J connectivity index is 0.000000152. The van der Waals surface area contributed by atoms with E-state index in [0.29, 0.717) is 71.8 Å². The van der Waals surface area contributed by atoms with Gasteiger partial charge in [0, 0.05) is 23.7 Å². The minimum Gasteiger partial charge on any atom is -0.377 e. The molecule has 0 spiro atoms. The first kappa shape index (κ1) is 34.1. The Hall–Kier alpha value is -2.40. The van der Waals surface area contributed by atoms with Crippen LogP contribution in [0.5, 0.6) is 0 Å². The van der Waals surface area contributed by atoms with E-state index >= 15 is 0 Å². The zero-order valence-corrected chi connectivity index (χ0v) is 30.1. The van der Waals surface area contributed by atoms with Crippen molar-refractivity contribution < 1.29 is 19.8 Å². The monoisotopic (exact) mass is 650 g/mol. The van der Waals surface area contributed by atoms with E-state index in [9.17, 15) is 19.8 Å². The maximum atomic E-state index is 12.0. The topological polar surface area (TPSA) is 74.6 Å². The third kappa shape index (κ3) is 4.71. The summed E-state index contributed by atoms with van der Waals surface area (Å²) in [5.74, 6) is 14.2. The molecule has 0 amide bonds. The lowest BCUT2D eigenvalue weighted by Gasteiger charge is -2.60. The number of carbonyl (C=O) groups excluding carboxylic acids is 2. The van der Waals surface area contributed by atoms with Gasteiger partial charge in [-0.15, -0.1) is 12.3 Å². The minimum absolute atomic E-state index is 0.0705. The third-order valence-electron chi connectivity index (χ3n) is 16.3. The van der Waals surface area contributed by atoms with Crippen LogP contribution in [0.4, 0.5) is 0 Å². The van der Waals surface area contributed by atoms with E-state index < -0.39 is 11.2 Å². The smallest absolute Gasteiger partial charge is 0.155 e. The molecule has 0 aromatic heterocycles. The summed E-state index contributed by atoms with van der Waals surface area (Å²) >= 11 is 0. The van der Waals surface area contributed by atoms with Crippen LogP contribution < -0.4 is 0 Å². The molecule has 2 N–H and O–H groups in total. The molecule has 0 saturated heterocycles. The molecule has 0 radical (unpaired) electrons. The first-order chi connectivity index (χ1) is 22.8. The van der Waals surface area contributed by atoms with Gasteiger partial charge < -0.3 is 10.2 Å². The Morgan fingerprint density at radius 2 is 1.62 bits per heavy atom. The first-order valence-corrected chi connectivity index (χ1v) is 19.3. The van der Waals surface area contributed by atoms with Crippen molar-refractivity contribution in [2.75, 3.05) is 0 Å². The van der Waals surface area contributed by atoms with Crippen LogP contribution in [0.15, 0.2) is 35.5 Å². The fourth-order valence-electron chi connectivity index (χ4n) is 13.8. The SMILES string of the molecule is C#C[C@]1(O)C=C[C@H]2[C@@H]3CCC4=CC(=O)CC[C@@H]4[C@H]3CC[C@@]21CC.CC#C[C@]1(O)CC[C@H]2[C@@H]3C[C@H](C)C4=CC(=O)CC[C@]4(C)[C@H]3CC[C@@]21C. The van der Waals surface area contributed by atoms with Gasteiger partial charge in [-0.25, -0.2) is 0 Å². The van der Waals surface area contributed by atoms with Crippen molar-refractivity contribution in [2.45, 2.75) is 136 Å². The number of hydrogen-bond donors (Lipinski definition) is 2. The Kier molecular flexibility index (Phi) is 8.41. The number of terminal acetylenes is 1. The molecule has 258 valence electrons. The Labute approximate surface area is 289 Å². The Morgan fingerprint density at radius 1 is 0.875 bits per heavy atom. The number of carbonyl (C=O) groups is 2. The summed E-state index contributed by atoms with van der Waals surface area (Å²) in [6.45, 7) is 11.1. The van der Waals surface area contributed by atoms with E-state index in [1.165, 1.54) is 24.0 Å². The van der Waals surface area contributed by atoms with Crippen LogP contribution >= 0.6 is 0 Å². The summed E-state index contributed by atoms with van der Waals surface area (Å²) in [5, 5.41) is 22.3. The quantitative estimate of drug-likeness (QED) is 0.222. The number of allylic oxidation sites excluding steroid dienone is 4.